The summed E-state index contributed by atoms with van der Waals surface area (Å²) in [7, 11) is 2.15. The minimum Gasteiger partial charge on any atom is -0.356 e. The third-order valence-corrected chi connectivity index (χ3v) is 3.83. The van der Waals surface area contributed by atoms with Crippen LogP contribution in [0.15, 0.2) is 0 Å². The van der Waals surface area contributed by atoms with E-state index in [2.05, 4.69) is 17.3 Å². The summed E-state index contributed by atoms with van der Waals surface area (Å²) in [5, 5.41) is 3.07. The molecule has 16 heavy (non-hydrogen) atoms. The summed E-state index contributed by atoms with van der Waals surface area (Å²) in [5.74, 6) is 1.04. The zero-order chi connectivity index (χ0) is 11.5. The number of hydrogen-bond acceptors (Lipinski definition) is 3. The Balaban J connectivity index is 1.65. The highest BCUT2D eigenvalue weighted by Crippen LogP contribution is 2.25. The lowest BCUT2D eigenvalue weighted by atomic mass is 9.80. The lowest BCUT2D eigenvalue weighted by Gasteiger charge is -2.33. The number of carbonyl (C=O) groups is 1. The van der Waals surface area contributed by atoms with E-state index in [1.807, 2.05) is 0 Å². The minimum absolute atomic E-state index is 0.191. The van der Waals surface area contributed by atoms with Crippen molar-refractivity contribution < 1.29 is 4.79 Å². The van der Waals surface area contributed by atoms with Gasteiger partial charge < -0.3 is 16.0 Å². The van der Waals surface area contributed by atoms with E-state index in [1.54, 1.807) is 0 Å². The number of nitrogens with zero attached hydrogens (tertiary/aromatic N) is 1. The lowest BCUT2D eigenvalue weighted by molar-refractivity contribution is -0.128. The van der Waals surface area contributed by atoms with E-state index < -0.39 is 0 Å². The van der Waals surface area contributed by atoms with E-state index >= 15 is 0 Å². The zero-order valence-electron chi connectivity index (χ0n) is 10.1. The fourth-order valence-corrected chi connectivity index (χ4v) is 2.71. The van der Waals surface area contributed by atoms with Crippen molar-refractivity contribution in [2.45, 2.75) is 31.7 Å². The number of rotatable bonds is 3. The summed E-state index contributed by atoms with van der Waals surface area (Å²) in [6, 6.07) is 0.261. The van der Waals surface area contributed by atoms with Crippen LogP contribution in [0.2, 0.25) is 0 Å². The molecule has 1 saturated carbocycles. The van der Waals surface area contributed by atoms with Gasteiger partial charge in [-0.15, -0.1) is 0 Å². The molecule has 1 amide bonds. The van der Waals surface area contributed by atoms with E-state index in [-0.39, 0.29) is 17.9 Å². The Hall–Kier alpha value is -0.610. The third kappa shape index (κ3) is 2.95. The van der Waals surface area contributed by atoms with Crippen LogP contribution in [0.25, 0.3) is 0 Å². The van der Waals surface area contributed by atoms with Crippen LogP contribution in [0.4, 0.5) is 0 Å². The Kier molecular flexibility index (Phi) is 3.82. The van der Waals surface area contributed by atoms with Gasteiger partial charge in [-0.3, -0.25) is 4.79 Å². The minimum atomic E-state index is 0.191. The first-order chi connectivity index (χ1) is 7.65. The standard InChI is InChI=1S/C12H23N3O/c1-15-4-2-3-9(8-15)7-14-12(16)10-5-11(13)6-10/h9-11H,2-8,13H2,1H3,(H,14,16). The van der Waals surface area contributed by atoms with E-state index in [0.29, 0.717) is 5.92 Å². The fourth-order valence-electron chi connectivity index (χ4n) is 2.71. The molecule has 1 aliphatic heterocycles. The van der Waals surface area contributed by atoms with E-state index in [1.165, 1.54) is 19.4 Å². The molecule has 0 aromatic rings. The number of hydrogen-bond donors (Lipinski definition) is 2. The van der Waals surface area contributed by atoms with Crippen molar-refractivity contribution in [3.63, 3.8) is 0 Å². The second-order valence-electron chi connectivity index (χ2n) is 5.44. The van der Waals surface area contributed by atoms with Crippen LogP contribution in [-0.4, -0.2) is 43.5 Å². The van der Waals surface area contributed by atoms with Gasteiger partial charge in [0.25, 0.3) is 0 Å². The molecule has 1 atom stereocenters. The van der Waals surface area contributed by atoms with E-state index in [4.69, 9.17) is 5.73 Å². The molecule has 3 N–H and O–H groups in total. The molecule has 0 radical (unpaired) electrons. The van der Waals surface area contributed by atoms with Crippen molar-refractivity contribution in [2.75, 3.05) is 26.7 Å². The van der Waals surface area contributed by atoms with Gasteiger partial charge in [0.2, 0.25) is 5.91 Å². The summed E-state index contributed by atoms with van der Waals surface area (Å²) in [4.78, 5) is 14.1. The summed E-state index contributed by atoms with van der Waals surface area (Å²) < 4.78 is 0. The molecule has 4 nitrogen and oxygen atoms in total. The highest BCUT2D eigenvalue weighted by atomic mass is 16.1. The predicted octanol–water partition coefficient (Wildman–Crippen LogP) is 0.182. The van der Waals surface area contributed by atoms with Gasteiger partial charge in [0, 0.05) is 25.0 Å². The number of nitrogens with two attached hydrogens (primary N) is 1. The highest BCUT2D eigenvalue weighted by molar-refractivity contribution is 5.79. The van der Waals surface area contributed by atoms with Crippen LogP contribution in [0.1, 0.15) is 25.7 Å². The SMILES string of the molecule is CN1CCCC(CNC(=O)C2CC(N)C2)C1. The maximum atomic E-state index is 11.7. The van der Waals surface area contributed by atoms with Crippen LogP contribution in [0.5, 0.6) is 0 Å². The zero-order valence-corrected chi connectivity index (χ0v) is 10.1. The number of piperidine rings is 1. The molecule has 4 heteroatoms. The molecule has 0 aromatic heterocycles. The molecular formula is C12H23N3O. The second-order valence-corrected chi connectivity index (χ2v) is 5.44. The average molecular weight is 225 g/mol. The first kappa shape index (κ1) is 11.9. The van der Waals surface area contributed by atoms with E-state index in [9.17, 15) is 4.79 Å². The maximum Gasteiger partial charge on any atom is 0.223 e. The van der Waals surface area contributed by atoms with Crippen LogP contribution in [0.3, 0.4) is 0 Å². The van der Waals surface area contributed by atoms with Gasteiger partial charge in [-0.05, 0) is 45.2 Å². The normalized spacial score (nSPS) is 35.5. The number of likely N-dealkylation sites (tertiary alicyclic amines) is 1. The Morgan fingerprint density at radius 2 is 2.25 bits per heavy atom. The number of amides is 1. The molecule has 1 aliphatic carbocycles. The summed E-state index contributed by atoms with van der Waals surface area (Å²) in [6.07, 6.45) is 4.24. The van der Waals surface area contributed by atoms with Crippen molar-refractivity contribution in [3.8, 4) is 0 Å². The maximum absolute atomic E-state index is 11.7. The second kappa shape index (κ2) is 5.15. The summed E-state index contributed by atoms with van der Waals surface area (Å²) in [6.45, 7) is 3.15. The van der Waals surface area contributed by atoms with Crippen molar-refractivity contribution in [2.24, 2.45) is 17.6 Å². The van der Waals surface area contributed by atoms with Crippen LogP contribution in [0, 0.1) is 11.8 Å². The quantitative estimate of drug-likeness (QED) is 0.720. The number of nitrogens with one attached hydrogen (secondary N) is 1. The molecule has 0 spiro atoms. The fraction of sp³-hybridized carbons (Fsp3) is 0.917. The van der Waals surface area contributed by atoms with Gasteiger partial charge >= 0.3 is 0 Å². The van der Waals surface area contributed by atoms with E-state index in [0.717, 1.165) is 25.9 Å². The van der Waals surface area contributed by atoms with Crippen molar-refractivity contribution >= 4 is 5.91 Å². The van der Waals surface area contributed by atoms with Gasteiger partial charge in [-0.25, -0.2) is 0 Å². The summed E-state index contributed by atoms with van der Waals surface area (Å²) >= 11 is 0. The Morgan fingerprint density at radius 3 is 2.88 bits per heavy atom. The average Bonchev–Trinajstić information content (AvgIpc) is 2.22. The molecule has 0 aromatic carbocycles. The van der Waals surface area contributed by atoms with Gasteiger partial charge in [0.05, 0.1) is 0 Å². The monoisotopic (exact) mass is 225 g/mol. The molecular weight excluding hydrogens is 202 g/mol. The van der Waals surface area contributed by atoms with Crippen molar-refractivity contribution in [3.05, 3.63) is 0 Å². The molecule has 2 fully saturated rings. The van der Waals surface area contributed by atoms with Gasteiger partial charge in [0.15, 0.2) is 0 Å². The molecule has 1 heterocycles. The predicted molar refractivity (Wildman–Crippen MR) is 63.9 cm³/mol. The molecule has 1 saturated heterocycles. The molecule has 0 bridgehead atoms. The third-order valence-electron chi connectivity index (χ3n) is 3.83. The smallest absolute Gasteiger partial charge is 0.223 e. The Labute approximate surface area is 97.6 Å². The first-order valence-electron chi connectivity index (χ1n) is 6.37. The lowest BCUT2D eigenvalue weighted by Crippen LogP contribution is -2.47. The van der Waals surface area contributed by atoms with Gasteiger partial charge in [-0.2, -0.15) is 0 Å². The van der Waals surface area contributed by atoms with Gasteiger partial charge in [0.1, 0.15) is 0 Å². The largest absolute Gasteiger partial charge is 0.356 e. The topological polar surface area (TPSA) is 58.4 Å². The van der Waals surface area contributed by atoms with Crippen molar-refractivity contribution in [1.82, 2.24) is 10.2 Å². The van der Waals surface area contributed by atoms with Crippen LogP contribution in [-0.2, 0) is 4.79 Å². The van der Waals surface area contributed by atoms with Crippen molar-refractivity contribution in [1.29, 1.82) is 0 Å². The first-order valence-corrected chi connectivity index (χ1v) is 6.37. The molecule has 2 rings (SSSR count). The highest BCUT2D eigenvalue weighted by Gasteiger charge is 2.32. The van der Waals surface area contributed by atoms with Gasteiger partial charge in [-0.1, -0.05) is 0 Å². The molecule has 2 aliphatic rings. The Bertz CT molecular complexity index is 251. The van der Waals surface area contributed by atoms with Crippen LogP contribution >= 0.6 is 0 Å². The number of carbonyl (C=O) groups excluding carboxylic acids is 1. The van der Waals surface area contributed by atoms with Crippen LogP contribution < -0.4 is 11.1 Å². The molecule has 92 valence electrons. The Morgan fingerprint density at radius 1 is 1.50 bits per heavy atom. The molecule has 1 unspecified atom stereocenters. The summed E-state index contributed by atoms with van der Waals surface area (Å²) in [5.41, 5.74) is 5.68.